The lowest BCUT2D eigenvalue weighted by Gasteiger charge is -2.28. The highest BCUT2D eigenvalue weighted by molar-refractivity contribution is 5.91. The van der Waals surface area contributed by atoms with E-state index in [1.165, 1.54) is 37.7 Å². The molecule has 1 aliphatic heterocycles. The van der Waals surface area contributed by atoms with E-state index in [0.29, 0.717) is 5.92 Å². The largest absolute Gasteiger partial charge is 0.355 e. The summed E-state index contributed by atoms with van der Waals surface area (Å²) in [5, 5.41) is 0. The van der Waals surface area contributed by atoms with Crippen LogP contribution in [0.15, 0.2) is 36.4 Å². The van der Waals surface area contributed by atoms with Crippen LogP contribution in [-0.4, -0.2) is 28.0 Å². The number of anilines is 1. The van der Waals surface area contributed by atoms with Crippen molar-refractivity contribution >= 4 is 29.3 Å². The van der Waals surface area contributed by atoms with Gasteiger partial charge < -0.3 is 9.88 Å². The summed E-state index contributed by atoms with van der Waals surface area (Å²) in [5.74, 6) is 2.73. The van der Waals surface area contributed by atoms with Gasteiger partial charge in [0.1, 0.15) is 11.3 Å². The van der Waals surface area contributed by atoms with Crippen molar-refractivity contribution in [1.29, 1.82) is 0 Å². The van der Waals surface area contributed by atoms with Crippen molar-refractivity contribution in [2.45, 2.75) is 38.0 Å². The van der Waals surface area contributed by atoms with E-state index in [1.807, 2.05) is 0 Å². The van der Waals surface area contributed by atoms with Crippen LogP contribution in [0.25, 0.3) is 22.3 Å². The molecule has 25 heavy (non-hydrogen) atoms. The molecule has 0 atom stereocenters. The van der Waals surface area contributed by atoms with Crippen LogP contribution in [0.4, 0.5) is 5.82 Å². The molecule has 0 spiro atoms. The molecule has 5 heteroatoms. The number of hydrogen-bond donors (Lipinski definition) is 1. The standard InChI is InChI=1S/C20H22N4.ClH/c1-3-7-14(8-4-1)16-13-17-18(21-16)20(24-11-5-2-6-12-24)23-19(22-17)15-9-10-15;/h1,3-4,7-8,13,15,21H,2,5-6,9-12H2;1H. The lowest BCUT2D eigenvalue weighted by molar-refractivity contribution is 0.573. The molecule has 0 unspecified atom stereocenters. The predicted octanol–water partition coefficient (Wildman–Crippen LogP) is 4.91. The maximum atomic E-state index is 4.98. The maximum absolute atomic E-state index is 4.98. The van der Waals surface area contributed by atoms with Gasteiger partial charge in [-0.1, -0.05) is 30.3 Å². The van der Waals surface area contributed by atoms with Crippen molar-refractivity contribution in [3.05, 3.63) is 42.2 Å². The molecular weight excluding hydrogens is 332 g/mol. The fourth-order valence-corrected chi connectivity index (χ4v) is 3.65. The molecule has 2 fully saturated rings. The van der Waals surface area contributed by atoms with E-state index < -0.39 is 0 Å². The fourth-order valence-electron chi connectivity index (χ4n) is 3.65. The monoisotopic (exact) mass is 354 g/mol. The summed E-state index contributed by atoms with van der Waals surface area (Å²) >= 11 is 0. The van der Waals surface area contributed by atoms with Crippen molar-refractivity contribution in [2.24, 2.45) is 0 Å². The van der Waals surface area contributed by atoms with E-state index in [-0.39, 0.29) is 12.4 Å². The molecule has 5 rings (SSSR count). The molecule has 1 saturated carbocycles. The summed E-state index contributed by atoms with van der Waals surface area (Å²) in [5.41, 5.74) is 4.49. The second-order valence-electron chi connectivity index (χ2n) is 7.04. The molecule has 1 saturated heterocycles. The number of halogens is 1. The second-order valence-corrected chi connectivity index (χ2v) is 7.04. The van der Waals surface area contributed by atoms with Gasteiger partial charge in [0.2, 0.25) is 0 Å². The number of fused-ring (bicyclic) bond motifs is 1. The first-order chi connectivity index (χ1) is 11.9. The SMILES string of the molecule is Cl.c1ccc(-c2cc3nc(C4CC4)nc(N4CCCCC4)c3[nH]2)cc1. The molecule has 1 aliphatic carbocycles. The zero-order valence-corrected chi connectivity index (χ0v) is 15.1. The van der Waals surface area contributed by atoms with Crippen molar-refractivity contribution in [2.75, 3.05) is 18.0 Å². The third kappa shape index (κ3) is 3.11. The summed E-state index contributed by atoms with van der Waals surface area (Å²) in [7, 11) is 0. The zero-order chi connectivity index (χ0) is 15.9. The van der Waals surface area contributed by atoms with Gasteiger partial charge in [-0.25, -0.2) is 9.97 Å². The van der Waals surface area contributed by atoms with Crippen LogP contribution in [0.1, 0.15) is 43.8 Å². The number of aromatic amines is 1. The van der Waals surface area contributed by atoms with Gasteiger partial charge in [-0.2, -0.15) is 0 Å². The Bertz CT molecular complexity index is 864. The van der Waals surface area contributed by atoms with Crippen LogP contribution in [0.2, 0.25) is 0 Å². The minimum absolute atomic E-state index is 0. The molecule has 0 radical (unpaired) electrons. The van der Waals surface area contributed by atoms with E-state index >= 15 is 0 Å². The average Bonchev–Trinajstić information content (AvgIpc) is 3.41. The molecular formula is C20H23ClN4. The Morgan fingerprint density at radius 3 is 2.44 bits per heavy atom. The number of H-pyrrole nitrogens is 1. The van der Waals surface area contributed by atoms with Gasteiger partial charge in [-0.05, 0) is 43.7 Å². The topological polar surface area (TPSA) is 44.8 Å². The number of rotatable bonds is 3. The highest BCUT2D eigenvalue weighted by Crippen LogP contribution is 2.40. The molecule has 1 N–H and O–H groups in total. The van der Waals surface area contributed by atoms with Crippen LogP contribution >= 0.6 is 12.4 Å². The zero-order valence-electron chi connectivity index (χ0n) is 14.2. The highest BCUT2D eigenvalue weighted by Gasteiger charge is 2.29. The summed E-state index contributed by atoms with van der Waals surface area (Å²) in [6.07, 6.45) is 6.33. The smallest absolute Gasteiger partial charge is 0.156 e. The molecule has 3 heterocycles. The predicted molar refractivity (Wildman–Crippen MR) is 105 cm³/mol. The van der Waals surface area contributed by atoms with Gasteiger partial charge in [0.05, 0.1) is 5.52 Å². The third-order valence-electron chi connectivity index (χ3n) is 5.16. The third-order valence-corrected chi connectivity index (χ3v) is 5.16. The highest BCUT2D eigenvalue weighted by atomic mass is 35.5. The Morgan fingerprint density at radius 2 is 1.72 bits per heavy atom. The second kappa shape index (κ2) is 6.68. The van der Waals surface area contributed by atoms with Crippen LogP contribution in [0.5, 0.6) is 0 Å². The number of hydrogen-bond acceptors (Lipinski definition) is 3. The van der Waals surface area contributed by atoms with Crippen LogP contribution in [0.3, 0.4) is 0 Å². The molecule has 4 nitrogen and oxygen atoms in total. The Hall–Kier alpha value is -2.07. The molecule has 3 aromatic rings. The summed E-state index contributed by atoms with van der Waals surface area (Å²) in [6.45, 7) is 2.21. The van der Waals surface area contributed by atoms with Crippen molar-refractivity contribution in [3.63, 3.8) is 0 Å². The molecule has 130 valence electrons. The summed E-state index contributed by atoms with van der Waals surface area (Å²) < 4.78 is 0. The van der Waals surface area contributed by atoms with Crippen LogP contribution < -0.4 is 4.90 Å². The Morgan fingerprint density at radius 1 is 0.960 bits per heavy atom. The van der Waals surface area contributed by atoms with Crippen molar-refractivity contribution in [1.82, 2.24) is 15.0 Å². The molecule has 0 bridgehead atoms. The normalized spacial score (nSPS) is 17.5. The molecule has 2 aliphatic rings. The lowest BCUT2D eigenvalue weighted by atomic mass is 10.1. The average molecular weight is 355 g/mol. The van der Waals surface area contributed by atoms with Crippen molar-refractivity contribution in [3.8, 4) is 11.3 Å². The quantitative estimate of drug-likeness (QED) is 0.726. The first-order valence-corrected chi connectivity index (χ1v) is 9.09. The summed E-state index contributed by atoms with van der Waals surface area (Å²) in [4.78, 5) is 15.9. The van der Waals surface area contributed by atoms with E-state index in [4.69, 9.17) is 9.97 Å². The number of nitrogens with one attached hydrogen (secondary N) is 1. The number of benzene rings is 1. The number of nitrogens with zero attached hydrogens (tertiary/aromatic N) is 3. The van der Waals surface area contributed by atoms with Gasteiger partial charge in [-0.3, -0.25) is 0 Å². The maximum Gasteiger partial charge on any atom is 0.156 e. The number of aromatic nitrogens is 3. The fraction of sp³-hybridized carbons (Fsp3) is 0.400. The molecule has 0 amide bonds. The van der Waals surface area contributed by atoms with Crippen LogP contribution in [0, 0.1) is 0 Å². The van der Waals surface area contributed by atoms with Crippen molar-refractivity contribution < 1.29 is 0 Å². The Balaban J connectivity index is 0.00000157. The van der Waals surface area contributed by atoms with E-state index in [1.54, 1.807) is 0 Å². The van der Waals surface area contributed by atoms with Gasteiger partial charge in [0.25, 0.3) is 0 Å². The van der Waals surface area contributed by atoms with E-state index in [2.05, 4.69) is 46.3 Å². The molecule has 2 aromatic heterocycles. The minimum Gasteiger partial charge on any atom is -0.355 e. The lowest BCUT2D eigenvalue weighted by Crippen LogP contribution is -2.30. The Labute approximate surface area is 154 Å². The van der Waals surface area contributed by atoms with Gasteiger partial charge in [0, 0.05) is 24.7 Å². The van der Waals surface area contributed by atoms with E-state index in [9.17, 15) is 0 Å². The van der Waals surface area contributed by atoms with Gasteiger partial charge in [0.15, 0.2) is 5.82 Å². The van der Waals surface area contributed by atoms with Crippen LogP contribution in [-0.2, 0) is 0 Å². The number of piperidine rings is 1. The van der Waals surface area contributed by atoms with Gasteiger partial charge >= 0.3 is 0 Å². The minimum atomic E-state index is 0. The first kappa shape index (κ1) is 16.4. The van der Waals surface area contributed by atoms with Gasteiger partial charge in [-0.15, -0.1) is 12.4 Å². The molecule has 1 aromatic carbocycles. The summed E-state index contributed by atoms with van der Waals surface area (Å²) in [6, 6.07) is 12.7. The Kier molecular flexibility index (Phi) is 4.38. The first-order valence-electron chi connectivity index (χ1n) is 9.09. The van der Waals surface area contributed by atoms with E-state index in [0.717, 1.165) is 41.5 Å².